The van der Waals surface area contributed by atoms with Gasteiger partial charge in [0.15, 0.2) is 0 Å². The van der Waals surface area contributed by atoms with Crippen molar-refractivity contribution in [3.63, 3.8) is 0 Å². The second kappa shape index (κ2) is 5.92. The van der Waals surface area contributed by atoms with Crippen molar-refractivity contribution < 1.29 is 9.21 Å². The Labute approximate surface area is 118 Å². The van der Waals surface area contributed by atoms with E-state index in [-0.39, 0.29) is 5.91 Å². The van der Waals surface area contributed by atoms with Crippen LogP contribution in [0.4, 0.5) is 5.69 Å². The van der Waals surface area contributed by atoms with Crippen molar-refractivity contribution in [3.8, 4) is 0 Å². The van der Waals surface area contributed by atoms with Crippen LogP contribution in [0.2, 0.25) is 0 Å². The first-order valence-corrected chi connectivity index (χ1v) is 6.96. The van der Waals surface area contributed by atoms with Gasteiger partial charge >= 0.3 is 0 Å². The molecule has 104 valence electrons. The third-order valence-corrected chi connectivity index (χ3v) is 3.57. The van der Waals surface area contributed by atoms with Crippen LogP contribution in [0.25, 0.3) is 0 Å². The van der Waals surface area contributed by atoms with Crippen LogP contribution in [0, 0.1) is 0 Å². The van der Waals surface area contributed by atoms with Crippen molar-refractivity contribution in [3.05, 3.63) is 54.0 Å². The zero-order valence-corrected chi connectivity index (χ0v) is 11.3. The zero-order valence-electron chi connectivity index (χ0n) is 11.3. The van der Waals surface area contributed by atoms with Crippen LogP contribution >= 0.6 is 0 Å². The molecule has 3 rings (SSSR count). The summed E-state index contributed by atoms with van der Waals surface area (Å²) < 4.78 is 5.23. The first kappa shape index (κ1) is 12.9. The molecule has 0 aliphatic carbocycles. The van der Waals surface area contributed by atoms with Crippen LogP contribution in [0.15, 0.2) is 47.1 Å². The van der Waals surface area contributed by atoms with Gasteiger partial charge in [-0.2, -0.15) is 0 Å². The predicted molar refractivity (Wildman–Crippen MR) is 77.5 cm³/mol. The highest BCUT2D eigenvalue weighted by Gasteiger charge is 2.21. The normalized spacial score (nSPS) is 14.1. The molecule has 0 saturated carbocycles. The highest BCUT2D eigenvalue weighted by Crippen LogP contribution is 2.26. The Hall–Kier alpha value is -2.07. The van der Waals surface area contributed by atoms with Crippen molar-refractivity contribution in [1.82, 2.24) is 5.32 Å². The van der Waals surface area contributed by atoms with Gasteiger partial charge in [-0.15, -0.1) is 0 Å². The first-order valence-electron chi connectivity index (χ1n) is 6.96. The summed E-state index contributed by atoms with van der Waals surface area (Å²) in [5.74, 6) is 0.959. The molecule has 1 amide bonds. The van der Waals surface area contributed by atoms with Crippen LogP contribution in [-0.4, -0.2) is 19.0 Å². The monoisotopic (exact) mass is 270 g/mol. The molecular weight excluding hydrogens is 252 g/mol. The number of carbonyl (C=O) groups is 1. The molecule has 0 saturated heterocycles. The van der Waals surface area contributed by atoms with Gasteiger partial charge in [-0.1, -0.05) is 18.2 Å². The van der Waals surface area contributed by atoms with Crippen LogP contribution in [0.3, 0.4) is 0 Å². The molecule has 1 aromatic carbocycles. The van der Waals surface area contributed by atoms with Crippen LogP contribution in [-0.2, 0) is 17.8 Å². The van der Waals surface area contributed by atoms with Gasteiger partial charge in [0.05, 0.1) is 19.4 Å². The SMILES string of the molecule is O=C(CNCc1ccco1)N1CCCc2ccccc21. The minimum Gasteiger partial charge on any atom is -0.468 e. The van der Waals surface area contributed by atoms with Gasteiger partial charge < -0.3 is 14.6 Å². The molecule has 4 heteroatoms. The number of anilines is 1. The molecule has 0 bridgehead atoms. The van der Waals surface area contributed by atoms with Crippen molar-refractivity contribution in [2.45, 2.75) is 19.4 Å². The second-order valence-corrected chi connectivity index (χ2v) is 4.96. The van der Waals surface area contributed by atoms with Gasteiger partial charge in [-0.25, -0.2) is 0 Å². The topological polar surface area (TPSA) is 45.5 Å². The van der Waals surface area contributed by atoms with Crippen molar-refractivity contribution in [1.29, 1.82) is 0 Å². The number of hydrogen-bond acceptors (Lipinski definition) is 3. The third kappa shape index (κ3) is 2.75. The molecular formula is C16H18N2O2. The molecule has 2 aromatic rings. The Balaban J connectivity index is 1.60. The number of amides is 1. The smallest absolute Gasteiger partial charge is 0.240 e. The van der Waals surface area contributed by atoms with E-state index in [1.165, 1.54) is 5.56 Å². The molecule has 0 unspecified atom stereocenters. The van der Waals surface area contributed by atoms with Crippen molar-refractivity contribution in [2.24, 2.45) is 0 Å². The van der Waals surface area contributed by atoms with E-state index in [2.05, 4.69) is 11.4 Å². The van der Waals surface area contributed by atoms with E-state index in [1.807, 2.05) is 35.2 Å². The highest BCUT2D eigenvalue weighted by atomic mass is 16.3. The summed E-state index contributed by atoms with van der Waals surface area (Å²) in [4.78, 5) is 14.2. The van der Waals surface area contributed by atoms with E-state index in [0.717, 1.165) is 30.8 Å². The fraction of sp³-hybridized carbons (Fsp3) is 0.312. The van der Waals surface area contributed by atoms with Crippen molar-refractivity contribution >= 4 is 11.6 Å². The van der Waals surface area contributed by atoms with Crippen LogP contribution in [0.1, 0.15) is 17.7 Å². The Morgan fingerprint density at radius 1 is 1.25 bits per heavy atom. The van der Waals surface area contributed by atoms with E-state index in [0.29, 0.717) is 13.1 Å². The maximum atomic E-state index is 12.3. The average Bonchev–Trinajstić information content (AvgIpc) is 3.00. The number of fused-ring (bicyclic) bond motifs is 1. The van der Waals surface area contributed by atoms with Crippen molar-refractivity contribution in [2.75, 3.05) is 18.0 Å². The number of aryl methyl sites for hydroxylation is 1. The van der Waals surface area contributed by atoms with Crippen LogP contribution in [0.5, 0.6) is 0 Å². The van der Waals surface area contributed by atoms with Gasteiger partial charge in [0, 0.05) is 12.2 Å². The molecule has 0 fully saturated rings. The average molecular weight is 270 g/mol. The number of benzene rings is 1. The van der Waals surface area contributed by atoms with E-state index < -0.39 is 0 Å². The molecule has 20 heavy (non-hydrogen) atoms. The number of hydrogen-bond donors (Lipinski definition) is 1. The minimum absolute atomic E-state index is 0.115. The van der Waals surface area contributed by atoms with Gasteiger partial charge in [-0.3, -0.25) is 4.79 Å². The molecule has 1 aliphatic heterocycles. The number of nitrogens with one attached hydrogen (secondary N) is 1. The fourth-order valence-corrected chi connectivity index (χ4v) is 2.59. The number of furan rings is 1. The van der Waals surface area contributed by atoms with E-state index in [4.69, 9.17) is 4.42 Å². The lowest BCUT2D eigenvalue weighted by atomic mass is 10.0. The van der Waals surface area contributed by atoms with Gasteiger partial charge in [0.2, 0.25) is 5.91 Å². The lowest BCUT2D eigenvalue weighted by Gasteiger charge is -2.29. The lowest BCUT2D eigenvalue weighted by Crippen LogP contribution is -2.41. The number of carbonyl (C=O) groups excluding carboxylic acids is 1. The first-order chi connectivity index (χ1) is 9.84. The molecule has 2 heterocycles. The van der Waals surface area contributed by atoms with E-state index >= 15 is 0 Å². The second-order valence-electron chi connectivity index (χ2n) is 4.96. The quantitative estimate of drug-likeness (QED) is 0.927. The molecule has 0 spiro atoms. The molecule has 1 aliphatic rings. The summed E-state index contributed by atoms with van der Waals surface area (Å²) in [6, 6.07) is 11.9. The van der Waals surface area contributed by atoms with Gasteiger partial charge in [-0.05, 0) is 36.6 Å². The Morgan fingerprint density at radius 2 is 2.15 bits per heavy atom. The summed E-state index contributed by atoms with van der Waals surface area (Å²) in [6.07, 6.45) is 3.72. The lowest BCUT2D eigenvalue weighted by molar-refractivity contribution is -0.117. The molecule has 0 radical (unpaired) electrons. The third-order valence-electron chi connectivity index (χ3n) is 3.57. The summed E-state index contributed by atoms with van der Waals surface area (Å²) in [6.45, 7) is 1.71. The predicted octanol–water partition coefficient (Wildman–Crippen LogP) is 2.35. The molecule has 4 nitrogen and oxygen atoms in total. The Kier molecular flexibility index (Phi) is 3.83. The summed E-state index contributed by atoms with van der Waals surface area (Å²) in [7, 11) is 0. The molecule has 1 N–H and O–H groups in total. The summed E-state index contributed by atoms with van der Waals surface area (Å²) in [5.41, 5.74) is 2.32. The Bertz CT molecular complexity index is 578. The van der Waals surface area contributed by atoms with Gasteiger partial charge in [0.25, 0.3) is 0 Å². The number of rotatable bonds is 4. The van der Waals surface area contributed by atoms with E-state index in [9.17, 15) is 4.79 Å². The van der Waals surface area contributed by atoms with E-state index in [1.54, 1.807) is 6.26 Å². The maximum absolute atomic E-state index is 12.3. The largest absolute Gasteiger partial charge is 0.468 e. The standard InChI is InChI=1S/C16H18N2O2/c19-16(12-17-11-14-7-4-10-20-14)18-9-3-6-13-5-1-2-8-15(13)18/h1-2,4-5,7-8,10,17H,3,6,9,11-12H2. The summed E-state index contributed by atoms with van der Waals surface area (Å²) >= 11 is 0. The maximum Gasteiger partial charge on any atom is 0.240 e. The zero-order chi connectivity index (χ0) is 13.8. The summed E-state index contributed by atoms with van der Waals surface area (Å²) in [5, 5.41) is 3.13. The molecule has 1 aromatic heterocycles. The fourth-order valence-electron chi connectivity index (χ4n) is 2.59. The number of para-hydroxylation sites is 1. The Morgan fingerprint density at radius 3 is 3.00 bits per heavy atom. The number of nitrogens with zero attached hydrogens (tertiary/aromatic N) is 1. The van der Waals surface area contributed by atoms with Gasteiger partial charge in [0.1, 0.15) is 5.76 Å². The molecule has 0 atom stereocenters. The van der Waals surface area contributed by atoms with Crippen LogP contribution < -0.4 is 10.2 Å². The highest BCUT2D eigenvalue weighted by molar-refractivity contribution is 5.95. The minimum atomic E-state index is 0.115.